The zero-order valence-corrected chi connectivity index (χ0v) is 11.6. The lowest BCUT2D eigenvalue weighted by molar-refractivity contribution is -0.107. The van der Waals surface area contributed by atoms with E-state index >= 15 is 0 Å². The van der Waals surface area contributed by atoms with Crippen LogP contribution in [0.25, 0.3) is 11.3 Å². The molecule has 2 nitrogen and oxygen atoms in total. The summed E-state index contributed by atoms with van der Waals surface area (Å²) in [6.07, 6.45) is 5.27. The fourth-order valence-corrected chi connectivity index (χ4v) is 2.02. The number of carbonyl (C=O) groups is 1. The third-order valence-electron chi connectivity index (χ3n) is 2.75. The number of aromatic nitrogens is 1. The quantitative estimate of drug-likeness (QED) is 0.616. The fourth-order valence-electron chi connectivity index (χ4n) is 1.75. The molecule has 0 amide bonds. The summed E-state index contributed by atoms with van der Waals surface area (Å²) in [7, 11) is 0. The number of carbonyl (C=O) groups excluding carboxylic acids is 1. The number of nitrogens with zero attached hydrogens (tertiary/aromatic N) is 1. The van der Waals surface area contributed by atoms with E-state index in [1.807, 2.05) is 36.5 Å². The van der Waals surface area contributed by atoms with E-state index in [1.54, 1.807) is 0 Å². The summed E-state index contributed by atoms with van der Waals surface area (Å²) >= 11 is 3.42. The highest BCUT2D eigenvalue weighted by Gasteiger charge is 2.00. The van der Waals surface area contributed by atoms with Crippen LogP contribution in [-0.4, -0.2) is 11.3 Å². The zero-order valence-electron chi connectivity index (χ0n) is 9.97. The minimum absolute atomic E-state index is 0.620. The van der Waals surface area contributed by atoms with Crippen LogP contribution in [0.5, 0.6) is 0 Å². The van der Waals surface area contributed by atoms with Crippen molar-refractivity contribution in [2.24, 2.45) is 0 Å². The van der Waals surface area contributed by atoms with E-state index in [1.165, 1.54) is 5.56 Å². The Labute approximate surface area is 115 Å². The molecule has 0 fully saturated rings. The van der Waals surface area contributed by atoms with Crippen LogP contribution in [0.15, 0.2) is 47.1 Å². The van der Waals surface area contributed by atoms with Crippen LogP contribution in [0.4, 0.5) is 0 Å². The van der Waals surface area contributed by atoms with Gasteiger partial charge in [0.1, 0.15) is 6.29 Å². The van der Waals surface area contributed by atoms with E-state index in [9.17, 15) is 4.79 Å². The van der Waals surface area contributed by atoms with Gasteiger partial charge in [0.15, 0.2) is 0 Å². The lowest BCUT2D eigenvalue weighted by Gasteiger charge is -2.03. The summed E-state index contributed by atoms with van der Waals surface area (Å²) < 4.78 is 1.07. The second kappa shape index (κ2) is 6.45. The van der Waals surface area contributed by atoms with Crippen molar-refractivity contribution in [1.29, 1.82) is 0 Å². The van der Waals surface area contributed by atoms with E-state index in [2.05, 4.69) is 27.0 Å². The van der Waals surface area contributed by atoms with Gasteiger partial charge in [0.25, 0.3) is 0 Å². The molecule has 0 N–H and O–H groups in total. The van der Waals surface area contributed by atoms with Crippen LogP contribution in [0.1, 0.15) is 18.4 Å². The first-order valence-corrected chi connectivity index (χ1v) is 6.73. The van der Waals surface area contributed by atoms with Crippen LogP contribution in [0, 0.1) is 0 Å². The van der Waals surface area contributed by atoms with Crippen molar-refractivity contribution < 1.29 is 4.79 Å². The normalized spacial score (nSPS) is 10.3. The molecule has 0 spiro atoms. The second-order valence-corrected chi connectivity index (χ2v) is 5.03. The summed E-state index contributed by atoms with van der Waals surface area (Å²) in [6.45, 7) is 0. The molecule has 0 atom stereocenters. The maximum absolute atomic E-state index is 10.2. The molecule has 0 bridgehead atoms. The molecule has 0 saturated carbocycles. The summed E-state index contributed by atoms with van der Waals surface area (Å²) in [5.74, 6) is 0. The Balaban J connectivity index is 2.07. The molecular formula is C15H14BrNO. The van der Waals surface area contributed by atoms with Crippen molar-refractivity contribution in [3.8, 4) is 11.3 Å². The number of halogens is 1. The maximum atomic E-state index is 10.2. The number of aryl methyl sites for hydroxylation is 1. The van der Waals surface area contributed by atoms with Gasteiger partial charge in [0, 0.05) is 22.7 Å². The molecule has 3 heteroatoms. The monoisotopic (exact) mass is 303 g/mol. The zero-order chi connectivity index (χ0) is 12.8. The van der Waals surface area contributed by atoms with Crippen molar-refractivity contribution in [2.45, 2.75) is 19.3 Å². The van der Waals surface area contributed by atoms with E-state index in [-0.39, 0.29) is 0 Å². The molecule has 1 aromatic carbocycles. The molecule has 1 heterocycles. The van der Waals surface area contributed by atoms with Gasteiger partial charge in [-0.1, -0.05) is 34.1 Å². The summed E-state index contributed by atoms with van der Waals surface area (Å²) in [6, 6.07) is 12.2. The minimum Gasteiger partial charge on any atom is -0.303 e. The van der Waals surface area contributed by atoms with Crippen molar-refractivity contribution in [2.75, 3.05) is 0 Å². The summed E-state index contributed by atoms with van der Waals surface area (Å²) in [5.41, 5.74) is 3.26. The molecule has 0 saturated heterocycles. The number of unbranched alkanes of at least 4 members (excludes halogenated alkanes) is 1. The van der Waals surface area contributed by atoms with Crippen LogP contribution in [0.2, 0.25) is 0 Å². The van der Waals surface area contributed by atoms with Crippen LogP contribution in [0.3, 0.4) is 0 Å². The molecular weight excluding hydrogens is 290 g/mol. The fraction of sp³-hybridized carbons (Fsp3) is 0.200. The Kier molecular flexibility index (Phi) is 4.65. The SMILES string of the molecule is O=CCCCc1ccc(-c2ccc(Br)cc2)nc1. The topological polar surface area (TPSA) is 30.0 Å². The number of rotatable bonds is 5. The van der Waals surface area contributed by atoms with Gasteiger partial charge in [0.2, 0.25) is 0 Å². The standard InChI is InChI=1S/C15H14BrNO/c16-14-7-5-13(6-8-14)15-9-4-12(11-17-15)3-1-2-10-18/h4-11H,1-3H2. The molecule has 0 aliphatic rings. The Morgan fingerprint density at radius 2 is 1.89 bits per heavy atom. The largest absolute Gasteiger partial charge is 0.303 e. The van der Waals surface area contributed by atoms with Gasteiger partial charge in [-0.05, 0) is 36.6 Å². The first-order valence-electron chi connectivity index (χ1n) is 5.94. The Morgan fingerprint density at radius 3 is 2.50 bits per heavy atom. The molecule has 18 heavy (non-hydrogen) atoms. The maximum Gasteiger partial charge on any atom is 0.120 e. The number of benzene rings is 1. The molecule has 92 valence electrons. The molecule has 1 aromatic heterocycles. The average Bonchev–Trinajstić information content (AvgIpc) is 2.41. The number of hydrogen-bond donors (Lipinski definition) is 0. The third-order valence-corrected chi connectivity index (χ3v) is 3.28. The van der Waals surface area contributed by atoms with Crippen LogP contribution >= 0.6 is 15.9 Å². The van der Waals surface area contributed by atoms with Gasteiger partial charge in [-0.3, -0.25) is 4.98 Å². The van der Waals surface area contributed by atoms with E-state index in [4.69, 9.17) is 0 Å². The smallest absolute Gasteiger partial charge is 0.120 e. The predicted octanol–water partition coefficient (Wildman–Crippen LogP) is 4.03. The highest BCUT2D eigenvalue weighted by molar-refractivity contribution is 9.10. The first-order chi connectivity index (χ1) is 8.79. The summed E-state index contributed by atoms with van der Waals surface area (Å²) in [5, 5.41) is 0. The van der Waals surface area contributed by atoms with E-state index < -0.39 is 0 Å². The molecule has 2 rings (SSSR count). The molecule has 2 aromatic rings. The van der Waals surface area contributed by atoms with Gasteiger partial charge >= 0.3 is 0 Å². The second-order valence-electron chi connectivity index (χ2n) is 4.12. The van der Waals surface area contributed by atoms with Gasteiger partial charge in [-0.25, -0.2) is 0 Å². The highest BCUT2D eigenvalue weighted by Crippen LogP contribution is 2.20. The number of hydrogen-bond acceptors (Lipinski definition) is 2. The third kappa shape index (κ3) is 3.50. The minimum atomic E-state index is 0.620. The molecule has 0 aliphatic carbocycles. The Hall–Kier alpha value is -1.48. The van der Waals surface area contributed by atoms with Gasteiger partial charge in [0.05, 0.1) is 5.69 Å². The van der Waals surface area contributed by atoms with Crippen molar-refractivity contribution in [3.63, 3.8) is 0 Å². The number of pyridine rings is 1. The number of aldehydes is 1. The highest BCUT2D eigenvalue weighted by atomic mass is 79.9. The molecule has 0 unspecified atom stereocenters. The van der Waals surface area contributed by atoms with Crippen LogP contribution in [-0.2, 0) is 11.2 Å². The molecule has 0 aliphatic heterocycles. The average molecular weight is 304 g/mol. The lowest BCUT2D eigenvalue weighted by atomic mass is 10.1. The Morgan fingerprint density at radius 1 is 1.11 bits per heavy atom. The van der Waals surface area contributed by atoms with Crippen molar-refractivity contribution >= 4 is 22.2 Å². The predicted molar refractivity (Wildman–Crippen MR) is 76.4 cm³/mol. The van der Waals surface area contributed by atoms with Gasteiger partial charge in [-0.15, -0.1) is 0 Å². The van der Waals surface area contributed by atoms with Crippen molar-refractivity contribution in [1.82, 2.24) is 4.98 Å². The van der Waals surface area contributed by atoms with E-state index in [0.717, 1.165) is 34.9 Å². The van der Waals surface area contributed by atoms with Gasteiger partial charge in [-0.2, -0.15) is 0 Å². The van der Waals surface area contributed by atoms with E-state index in [0.29, 0.717) is 6.42 Å². The Bertz CT molecular complexity index is 505. The first kappa shape index (κ1) is 13.0. The molecule has 0 radical (unpaired) electrons. The summed E-state index contributed by atoms with van der Waals surface area (Å²) in [4.78, 5) is 14.7. The van der Waals surface area contributed by atoms with Crippen molar-refractivity contribution in [3.05, 3.63) is 52.6 Å². The lowest BCUT2D eigenvalue weighted by Crippen LogP contribution is -1.89. The van der Waals surface area contributed by atoms with Crippen LogP contribution < -0.4 is 0 Å². The van der Waals surface area contributed by atoms with Gasteiger partial charge < -0.3 is 4.79 Å².